The molecule has 1 aromatic rings. The van der Waals surface area contributed by atoms with Crippen LogP contribution in [-0.2, 0) is 0 Å². The molecule has 0 amide bonds. The molecule has 2 N–H and O–H groups in total. The fourth-order valence-electron chi connectivity index (χ4n) is 2.24. The molecule has 78 valence electrons. The minimum absolute atomic E-state index is 0.0742. The lowest BCUT2D eigenvalue weighted by Crippen LogP contribution is -2.07. The van der Waals surface area contributed by atoms with Crippen LogP contribution in [0.1, 0.15) is 62.3 Å². The largest absolute Gasteiger partial charge is 0.467 e. The molecule has 0 aliphatic heterocycles. The summed E-state index contributed by atoms with van der Waals surface area (Å²) in [4.78, 5) is 0. The van der Waals surface area contributed by atoms with Gasteiger partial charge in [0.2, 0.25) is 0 Å². The van der Waals surface area contributed by atoms with Crippen molar-refractivity contribution in [1.29, 1.82) is 0 Å². The van der Waals surface area contributed by atoms with Gasteiger partial charge >= 0.3 is 0 Å². The molecule has 0 spiro atoms. The maximum absolute atomic E-state index is 5.91. The van der Waals surface area contributed by atoms with Gasteiger partial charge in [0, 0.05) is 0 Å². The van der Waals surface area contributed by atoms with E-state index >= 15 is 0 Å². The van der Waals surface area contributed by atoms with Gasteiger partial charge in [0.25, 0.3) is 0 Å². The molecule has 1 aliphatic carbocycles. The van der Waals surface area contributed by atoms with Crippen molar-refractivity contribution in [3.8, 4) is 0 Å². The molecule has 1 saturated carbocycles. The second kappa shape index (κ2) is 4.18. The fraction of sp³-hybridized carbons (Fsp3) is 0.667. The summed E-state index contributed by atoms with van der Waals surface area (Å²) in [5.41, 5.74) is 7.27. The lowest BCUT2D eigenvalue weighted by atomic mass is 10.00. The Morgan fingerprint density at radius 1 is 1.50 bits per heavy atom. The van der Waals surface area contributed by atoms with E-state index in [9.17, 15) is 0 Å². The maximum atomic E-state index is 5.91. The molecule has 1 atom stereocenters. The standard InChI is InChI=1S/C12H19NO/c1-2-11(13)12-7-10(8-14-12)9-5-3-4-6-9/h7-9,11H,2-6,13H2,1H3. The van der Waals surface area contributed by atoms with Gasteiger partial charge in [-0.25, -0.2) is 0 Å². The Morgan fingerprint density at radius 2 is 2.21 bits per heavy atom. The Kier molecular flexibility index (Phi) is 2.92. The molecule has 1 fully saturated rings. The Hall–Kier alpha value is -0.760. The highest BCUT2D eigenvalue weighted by atomic mass is 16.3. The molecule has 0 saturated heterocycles. The first kappa shape index (κ1) is 9.78. The summed E-state index contributed by atoms with van der Waals surface area (Å²) >= 11 is 0. The Bertz CT molecular complexity index is 286. The van der Waals surface area contributed by atoms with Crippen LogP contribution in [0.2, 0.25) is 0 Å². The van der Waals surface area contributed by atoms with Gasteiger partial charge in [0.05, 0.1) is 12.3 Å². The third-order valence-corrected chi connectivity index (χ3v) is 3.27. The van der Waals surface area contributed by atoms with E-state index in [0.717, 1.165) is 18.1 Å². The summed E-state index contributed by atoms with van der Waals surface area (Å²) in [5, 5.41) is 0. The molecule has 2 rings (SSSR count). The number of furan rings is 1. The molecular weight excluding hydrogens is 174 g/mol. The monoisotopic (exact) mass is 193 g/mol. The summed E-state index contributed by atoms with van der Waals surface area (Å²) < 4.78 is 5.50. The highest BCUT2D eigenvalue weighted by Crippen LogP contribution is 2.35. The lowest BCUT2D eigenvalue weighted by molar-refractivity contribution is 0.458. The van der Waals surface area contributed by atoms with Crippen LogP contribution in [0.25, 0.3) is 0 Å². The third-order valence-electron chi connectivity index (χ3n) is 3.27. The molecule has 2 heteroatoms. The van der Waals surface area contributed by atoms with Crippen molar-refractivity contribution >= 4 is 0 Å². The fourth-order valence-corrected chi connectivity index (χ4v) is 2.24. The summed E-state index contributed by atoms with van der Waals surface area (Å²) in [6.07, 6.45) is 8.22. The van der Waals surface area contributed by atoms with E-state index in [1.165, 1.54) is 31.2 Å². The average Bonchev–Trinajstić information content (AvgIpc) is 2.86. The quantitative estimate of drug-likeness (QED) is 0.799. The van der Waals surface area contributed by atoms with Crippen LogP contribution in [0.4, 0.5) is 0 Å². The Balaban J connectivity index is 2.08. The van der Waals surface area contributed by atoms with Crippen LogP contribution in [0.3, 0.4) is 0 Å². The van der Waals surface area contributed by atoms with Crippen LogP contribution in [-0.4, -0.2) is 0 Å². The van der Waals surface area contributed by atoms with Crippen molar-refractivity contribution in [2.24, 2.45) is 5.73 Å². The van der Waals surface area contributed by atoms with Crippen LogP contribution >= 0.6 is 0 Å². The number of rotatable bonds is 3. The summed E-state index contributed by atoms with van der Waals surface area (Å²) in [6, 6.07) is 2.23. The van der Waals surface area contributed by atoms with Gasteiger partial charge in [0.15, 0.2) is 0 Å². The second-order valence-electron chi connectivity index (χ2n) is 4.28. The van der Waals surface area contributed by atoms with E-state index in [-0.39, 0.29) is 6.04 Å². The van der Waals surface area contributed by atoms with Gasteiger partial charge in [-0.1, -0.05) is 19.8 Å². The molecular formula is C12H19NO. The molecule has 0 bridgehead atoms. The van der Waals surface area contributed by atoms with E-state index in [1.807, 2.05) is 6.26 Å². The van der Waals surface area contributed by atoms with E-state index in [2.05, 4.69) is 13.0 Å². The topological polar surface area (TPSA) is 39.2 Å². The molecule has 14 heavy (non-hydrogen) atoms. The maximum Gasteiger partial charge on any atom is 0.120 e. The van der Waals surface area contributed by atoms with E-state index < -0.39 is 0 Å². The first-order chi connectivity index (χ1) is 6.81. The van der Waals surface area contributed by atoms with Gasteiger partial charge in [-0.15, -0.1) is 0 Å². The molecule has 1 aromatic heterocycles. The SMILES string of the molecule is CCC(N)c1cc(C2CCCC2)co1. The molecule has 2 nitrogen and oxygen atoms in total. The summed E-state index contributed by atoms with van der Waals surface area (Å²) in [6.45, 7) is 2.09. The molecule has 1 heterocycles. The van der Waals surface area contributed by atoms with Crippen LogP contribution < -0.4 is 5.73 Å². The Morgan fingerprint density at radius 3 is 2.86 bits per heavy atom. The van der Waals surface area contributed by atoms with E-state index in [0.29, 0.717) is 0 Å². The average molecular weight is 193 g/mol. The number of hydrogen-bond acceptors (Lipinski definition) is 2. The van der Waals surface area contributed by atoms with Crippen LogP contribution in [0, 0.1) is 0 Å². The lowest BCUT2D eigenvalue weighted by Gasteiger charge is -2.04. The van der Waals surface area contributed by atoms with Gasteiger partial charge in [0.1, 0.15) is 5.76 Å². The van der Waals surface area contributed by atoms with Gasteiger partial charge < -0.3 is 10.2 Å². The molecule has 0 aromatic carbocycles. The molecule has 0 radical (unpaired) electrons. The zero-order valence-corrected chi connectivity index (χ0v) is 8.83. The molecule has 1 aliphatic rings. The third kappa shape index (κ3) is 1.85. The van der Waals surface area contributed by atoms with E-state index in [4.69, 9.17) is 10.2 Å². The highest BCUT2D eigenvalue weighted by Gasteiger charge is 2.20. The number of nitrogens with two attached hydrogens (primary N) is 1. The van der Waals surface area contributed by atoms with Gasteiger partial charge in [-0.2, -0.15) is 0 Å². The van der Waals surface area contributed by atoms with Crippen molar-refractivity contribution < 1.29 is 4.42 Å². The van der Waals surface area contributed by atoms with E-state index in [1.54, 1.807) is 0 Å². The summed E-state index contributed by atoms with van der Waals surface area (Å²) in [5.74, 6) is 1.69. The van der Waals surface area contributed by atoms with Crippen molar-refractivity contribution in [2.75, 3.05) is 0 Å². The predicted molar refractivity (Wildman–Crippen MR) is 57.1 cm³/mol. The zero-order valence-electron chi connectivity index (χ0n) is 8.83. The zero-order chi connectivity index (χ0) is 9.97. The molecule has 1 unspecified atom stereocenters. The highest BCUT2D eigenvalue weighted by molar-refractivity contribution is 5.20. The minimum atomic E-state index is 0.0742. The van der Waals surface area contributed by atoms with Crippen LogP contribution in [0.15, 0.2) is 16.7 Å². The first-order valence-electron chi connectivity index (χ1n) is 5.65. The second-order valence-corrected chi connectivity index (χ2v) is 4.28. The normalized spacial score (nSPS) is 20.1. The smallest absolute Gasteiger partial charge is 0.120 e. The predicted octanol–water partition coefficient (Wildman–Crippen LogP) is 3.35. The Labute approximate surface area is 85.5 Å². The number of hydrogen-bond donors (Lipinski definition) is 1. The van der Waals surface area contributed by atoms with Crippen molar-refractivity contribution in [1.82, 2.24) is 0 Å². The van der Waals surface area contributed by atoms with Crippen LogP contribution in [0.5, 0.6) is 0 Å². The van der Waals surface area contributed by atoms with Gasteiger partial charge in [-0.05, 0) is 36.8 Å². The first-order valence-corrected chi connectivity index (χ1v) is 5.65. The summed E-state index contributed by atoms with van der Waals surface area (Å²) in [7, 11) is 0. The minimum Gasteiger partial charge on any atom is -0.467 e. The van der Waals surface area contributed by atoms with Crippen molar-refractivity contribution in [3.05, 3.63) is 23.7 Å². The van der Waals surface area contributed by atoms with Crippen molar-refractivity contribution in [2.45, 2.75) is 51.0 Å². The van der Waals surface area contributed by atoms with Crippen molar-refractivity contribution in [3.63, 3.8) is 0 Å². The van der Waals surface area contributed by atoms with Gasteiger partial charge in [-0.3, -0.25) is 0 Å².